The molecule has 20 heavy (non-hydrogen) atoms. The Morgan fingerprint density at radius 1 is 1.05 bits per heavy atom. The van der Waals surface area contributed by atoms with Crippen molar-refractivity contribution >= 4 is 21.6 Å². The first-order chi connectivity index (χ1) is 9.78. The Labute approximate surface area is 124 Å². The van der Waals surface area contributed by atoms with Crippen LogP contribution in [-0.4, -0.2) is 12.1 Å². The number of aromatic nitrogens is 1. The van der Waals surface area contributed by atoms with Crippen molar-refractivity contribution in [1.29, 1.82) is 0 Å². The Hall–Kier alpha value is -1.87. The van der Waals surface area contributed by atoms with Crippen molar-refractivity contribution in [3.8, 4) is 16.3 Å². The third-order valence-corrected chi connectivity index (χ3v) is 4.02. The molecule has 0 saturated carbocycles. The standard InChI is InChI=1S/C15H13NOS.C2H6/c1-10-9-11(7-8-13(10)17-2)15-16-12-5-3-4-6-14(12)18-15;1-2/h3-9H,1-2H3;1-2H3. The molecule has 0 aliphatic heterocycles. The molecule has 3 rings (SSSR count). The van der Waals surface area contributed by atoms with Crippen LogP contribution in [0.4, 0.5) is 0 Å². The van der Waals surface area contributed by atoms with Crippen molar-refractivity contribution in [2.75, 3.05) is 7.11 Å². The van der Waals surface area contributed by atoms with Crippen molar-refractivity contribution in [2.24, 2.45) is 0 Å². The molecule has 0 aliphatic rings. The second-order valence-corrected chi connectivity index (χ2v) is 5.20. The molecule has 0 atom stereocenters. The van der Waals surface area contributed by atoms with Gasteiger partial charge in [0.15, 0.2) is 0 Å². The van der Waals surface area contributed by atoms with Gasteiger partial charge in [-0.25, -0.2) is 4.98 Å². The Bertz CT molecular complexity index is 670. The lowest BCUT2D eigenvalue weighted by Crippen LogP contribution is -1.87. The molecule has 2 nitrogen and oxygen atoms in total. The van der Waals surface area contributed by atoms with Gasteiger partial charge in [-0.15, -0.1) is 11.3 Å². The first-order valence-corrected chi connectivity index (χ1v) is 7.60. The maximum atomic E-state index is 5.28. The van der Waals surface area contributed by atoms with E-state index in [4.69, 9.17) is 4.74 Å². The number of para-hydroxylation sites is 1. The quantitative estimate of drug-likeness (QED) is 0.637. The van der Waals surface area contributed by atoms with E-state index in [1.54, 1.807) is 18.4 Å². The number of hydrogen-bond acceptors (Lipinski definition) is 3. The highest BCUT2D eigenvalue weighted by molar-refractivity contribution is 7.21. The summed E-state index contributed by atoms with van der Waals surface area (Å²) >= 11 is 1.72. The molecule has 1 heterocycles. The summed E-state index contributed by atoms with van der Waals surface area (Å²) in [6.45, 7) is 6.05. The van der Waals surface area contributed by atoms with Gasteiger partial charge in [-0.3, -0.25) is 0 Å². The van der Waals surface area contributed by atoms with E-state index in [1.807, 2.05) is 38.1 Å². The topological polar surface area (TPSA) is 22.1 Å². The van der Waals surface area contributed by atoms with Crippen LogP contribution in [0.15, 0.2) is 42.5 Å². The van der Waals surface area contributed by atoms with Gasteiger partial charge in [0.25, 0.3) is 0 Å². The lowest BCUT2D eigenvalue weighted by Gasteiger charge is -2.05. The minimum Gasteiger partial charge on any atom is -0.496 e. The van der Waals surface area contributed by atoms with Gasteiger partial charge in [-0.05, 0) is 42.8 Å². The molecule has 0 aliphatic carbocycles. The molecular weight excluding hydrogens is 266 g/mol. The predicted octanol–water partition coefficient (Wildman–Crippen LogP) is 5.31. The van der Waals surface area contributed by atoms with Crippen molar-refractivity contribution in [1.82, 2.24) is 4.98 Å². The summed E-state index contributed by atoms with van der Waals surface area (Å²) in [4.78, 5) is 4.66. The molecule has 2 aromatic carbocycles. The summed E-state index contributed by atoms with van der Waals surface area (Å²) in [6.07, 6.45) is 0. The first kappa shape index (κ1) is 14.5. The molecule has 0 fully saturated rings. The van der Waals surface area contributed by atoms with Crippen LogP contribution in [0.2, 0.25) is 0 Å². The van der Waals surface area contributed by atoms with E-state index in [9.17, 15) is 0 Å². The first-order valence-electron chi connectivity index (χ1n) is 6.78. The highest BCUT2D eigenvalue weighted by Gasteiger charge is 2.07. The minimum atomic E-state index is 0.917. The number of fused-ring (bicyclic) bond motifs is 1. The van der Waals surface area contributed by atoms with E-state index in [2.05, 4.69) is 30.1 Å². The zero-order valence-corrected chi connectivity index (χ0v) is 13.1. The average Bonchev–Trinajstić information content (AvgIpc) is 2.93. The second-order valence-electron chi connectivity index (χ2n) is 4.17. The number of ether oxygens (including phenoxy) is 1. The largest absolute Gasteiger partial charge is 0.496 e. The molecule has 3 aromatic rings. The molecule has 0 radical (unpaired) electrons. The lowest BCUT2D eigenvalue weighted by atomic mass is 10.1. The number of aryl methyl sites for hydroxylation is 1. The summed E-state index contributed by atoms with van der Waals surface area (Å²) in [5.74, 6) is 0.917. The normalized spacial score (nSPS) is 10.0. The Balaban J connectivity index is 0.000000704. The molecule has 0 saturated heterocycles. The van der Waals surface area contributed by atoms with Crippen LogP contribution in [0.3, 0.4) is 0 Å². The Morgan fingerprint density at radius 3 is 2.45 bits per heavy atom. The van der Waals surface area contributed by atoms with Gasteiger partial charge in [-0.1, -0.05) is 26.0 Å². The van der Waals surface area contributed by atoms with Crippen LogP contribution in [0.25, 0.3) is 20.8 Å². The fourth-order valence-electron chi connectivity index (χ4n) is 2.01. The molecule has 0 N–H and O–H groups in total. The predicted molar refractivity (Wildman–Crippen MR) is 87.7 cm³/mol. The molecule has 3 heteroatoms. The molecule has 0 bridgehead atoms. The number of benzene rings is 2. The van der Waals surface area contributed by atoms with Crippen molar-refractivity contribution in [2.45, 2.75) is 20.8 Å². The van der Waals surface area contributed by atoms with Gasteiger partial charge < -0.3 is 4.74 Å². The zero-order valence-electron chi connectivity index (χ0n) is 12.3. The Morgan fingerprint density at radius 2 is 1.80 bits per heavy atom. The number of hydrogen-bond donors (Lipinski definition) is 0. The van der Waals surface area contributed by atoms with Crippen molar-refractivity contribution in [3.63, 3.8) is 0 Å². The smallest absolute Gasteiger partial charge is 0.124 e. The van der Waals surface area contributed by atoms with Crippen LogP contribution < -0.4 is 4.74 Å². The second kappa shape index (κ2) is 6.53. The van der Waals surface area contributed by atoms with Gasteiger partial charge in [0.05, 0.1) is 17.3 Å². The number of methoxy groups -OCH3 is 1. The van der Waals surface area contributed by atoms with E-state index in [-0.39, 0.29) is 0 Å². The van der Waals surface area contributed by atoms with E-state index in [0.29, 0.717) is 0 Å². The monoisotopic (exact) mass is 285 g/mol. The van der Waals surface area contributed by atoms with Gasteiger partial charge >= 0.3 is 0 Å². The van der Waals surface area contributed by atoms with Crippen LogP contribution in [-0.2, 0) is 0 Å². The lowest BCUT2D eigenvalue weighted by molar-refractivity contribution is 0.412. The van der Waals surface area contributed by atoms with E-state index >= 15 is 0 Å². The Kier molecular flexibility index (Phi) is 4.74. The maximum Gasteiger partial charge on any atom is 0.124 e. The van der Waals surface area contributed by atoms with Crippen molar-refractivity contribution in [3.05, 3.63) is 48.0 Å². The molecule has 104 valence electrons. The van der Waals surface area contributed by atoms with E-state index < -0.39 is 0 Å². The highest BCUT2D eigenvalue weighted by Crippen LogP contribution is 2.32. The summed E-state index contributed by atoms with van der Waals surface area (Å²) in [7, 11) is 1.69. The number of nitrogens with zero attached hydrogens (tertiary/aromatic N) is 1. The minimum absolute atomic E-state index is 0.917. The van der Waals surface area contributed by atoms with Crippen molar-refractivity contribution < 1.29 is 4.74 Å². The fourth-order valence-corrected chi connectivity index (χ4v) is 2.97. The van der Waals surface area contributed by atoms with E-state index in [1.165, 1.54) is 4.70 Å². The number of rotatable bonds is 2. The van der Waals surface area contributed by atoms with Gasteiger partial charge in [0.2, 0.25) is 0 Å². The van der Waals surface area contributed by atoms with E-state index in [0.717, 1.165) is 27.4 Å². The molecule has 1 aromatic heterocycles. The average molecular weight is 285 g/mol. The fraction of sp³-hybridized carbons (Fsp3) is 0.235. The molecular formula is C17H19NOS. The van der Waals surface area contributed by atoms with Gasteiger partial charge in [0.1, 0.15) is 10.8 Å². The van der Waals surface area contributed by atoms with Crippen LogP contribution in [0.5, 0.6) is 5.75 Å². The highest BCUT2D eigenvalue weighted by atomic mass is 32.1. The zero-order chi connectivity index (χ0) is 14.5. The van der Waals surface area contributed by atoms with Crippen LogP contribution in [0, 0.1) is 6.92 Å². The van der Waals surface area contributed by atoms with Crippen LogP contribution in [0.1, 0.15) is 19.4 Å². The van der Waals surface area contributed by atoms with Gasteiger partial charge in [0, 0.05) is 5.56 Å². The number of thiazole rings is 1. The van der Waals surface area contributed by atoms with Crippen LogP contribution >= 0.6 is 11.3 Å². The summed E-state index contributed by atoms with van der Waals surface area (Å²) in [5.41, 5.74) is 3.34. The van der Waals surface area contributed by atoms with Gasteiger partial charge in [-0.2, -0.15) is 0 Å². The third kappa shape index (κ3) is 2.83. The maximum absolute atomic E-state index is 5.28. The summed E-state index contributed by atoms with van der Waals surface area (Å²) in [5, 5.41) is 1.06. The molecule has 0 spiro atoms. The summed E-state index contributed by atoms with van der Waals surface area (Å²) < 4.78 is 6.50. The SMILES string of the molecule is CC.COc1ccc(-c2nc3ccccc3s2)cc1C. The molecule has 0 unspecified atom stereocenters. The summed E-state index contributed by atoms with van der Waals surface area (Å²) in [6, 6.07) is 14.4. The third-order valence-electron chi connectivity index (χ3n) is 2.94. The molecule has 0 amide bonds.